The average Bonchev–Trinajstić information content (AvgIpc) is 3.34. The van der Waals surface area contributed by atoms with Gasteiger partial charge >= 0.3 is 0 Å². The molecule has 5 nitrogen and oxygen atoms in total. The van der Waals surface area contributed by atoms with E-state index in [-0.39, 0.29) is 12.0 Å². The Morgan fingerprint density at radius 1 is 1.03 bits per heavy atom. The molecule has 3 aromatic carbocycles. The molecule has 0 fully saturated rings. The molecule has 1 heterocycles. The minimum Gasteiger partial charge on any atom is -0.493 e. The van der Waals surface area contributed by atoms with Gasteiger partial charge in [-0.1, -0.05) is 36.4 Å². The van der Waals surface area contributed by atoms with Crippen molar-refractivity contribution in [3.05, 3.63) is 88.5 Å². The first-order valence-corrected chi connectivity index (χ1v) is 10.2. The van der Waals surface area contributed by atoms with Crippen molar-refractivity contribution in [2.75, 3.05) is 12.0 Å². The molecule has 30 heavy (non-hydrogen) atoms. The van der Waals surface area contributed by atoms with Crippen LogP contribution in [-0.4, -0.2) is 13.0 Å². The molecule has 1 aliphatic heterocycles. The van der Waals surface area contributed by atoms with Gasteiger partial charge in [0.2, 0.25) is 0 Å². The summed E-state index contributed by atoms with van der Waals surface area (Å²) in [6, 6.07) is 19.9. The van der Waals surface area contributed by atoms with Crippen molar-refractivity contribution in [2.24, 2.45) is 5.73 Å². The molecule has 0 spiro atoms. The Kier molecular flexibility index (Phi) is 4.68. The summed E-state index contributed by atoms with van der Waals surface area (Å²) in [4.78, 5) is 14.8. The van der Waals surface area contributed by atoms with Crippen molar-refractivity contribution in [3.63, 3.8) is 0 Å². The lowest BCUT2D eigenvalue weighted by molar-refractivity contribution is 0.0996. The molecular weight excluding hydrogens is 376 g/mol. The first-order chi connectivity index (χ1) is 14.7. The summed E-state index contributed by atoms with van der Waals surface area (Å²) in [6.45, 7) is 0.959. The van der Waals surface area contributed by atoms with E-state index < -0.39 is 0 Å². The van der Waals surface area contributed by atoms with Crippen LogP contribution in [0.25, 0.3) is 0 Å². The Hall–Kier alpha value is -3.31. The summed E-state index contributed by atoms with van der Waals surface area (Å²) in [5.74, 6) is 1.31. The first kappa shape index (κ1) is 18.7. The number of hydrogen-bond donors (Lipinski definition) is 1. The smallest absolute Gasteiger partial charge is 0.258 e. The van der Waals surface area contributed by atoms with E-state index in [1.54, 1.807) is 12.0 Å². The summed E-state index contributed by atoms with van der Waals surface area (Å²) in [5.41, 5.74) is 11.8. The number of ether oxygens (including phenoxy) is 2. The number of fused-ring (bicyclic) bond motifs is 2. The molecule has 0 aromatic heterocycles. The number of rotatable bonds is 5. The Labute approximate surface area is 176 Å². The molecule has 0 radical (unpaired) electrons. The van der Waals surface area contributed by atoms with Crippen LogP contribution < -0.4 is 20.1 Å². The van der Waals surface area contributed by atoms with E-state index in [1.807, 2.05) is 42.5 Å². The maximum Gasteiger partial charge on any atom is 0.258 e. The molecular formula is C25H24N2O3. The zero-order valence-corrected chi connectivity index (χ0v) is 16.9. The molecule has 2 aliphatic rings. The third-order valence-corrected chi connectivity index (χ3v) is 6.02. The fraction of sp³-hybridized carbons (Fsp3) is 0.240. The second-order valence-electron chi connectivity index (χ2n) is 7.77. The van der Waals surface area contributed by atoms with Crippen molar-refractivity contribution < 1.29 is 14.3 Å². The van der Waals surface area contributed by atoms with Crippen LogP contribution >= 0.6 is 0 Å². The van der Waals surface area contributed by atoms with E-state index >= 15 is 0 Å². The fourth-order valence-electron chi connectivity index (χ4n) is 4.40. The topological polar surface area (TPSA) is 64.8 Å². The van der Waals surface area contributed by atoms with Crippen molar-refractivity contribution in [1.82, 2.24) is 0 Å². The number of hydrogen-bond acceptors (Lipinski definition) is 4. The first-order valence-electron chi connectivity index (χ1n) is 10.2. The van der Waals surface area contributed by atoms with Crippen molar-refractivity contribution in [1.29, 1.82) is 0 Å². The normalized spacial score (nSPS) is 17.1. The van der Waals surface area contributed by atoms with Gasteiger partial charge in [-0.15, -0.1) is 0 Å². The summed E-state index contributed by atoms with van der Waals surface area (Å²) in [5, 5.41) is 0. The van der Waals surface area contributed by atoms with Crippen LogP contribution in [0.3, 0.4) is 0 Å². The van der Waals surface area contributed by atoms with E-state index in [1.165, 1.54) is 11.1 Å². The quantitative estimate of drug-likeness (QED) is 0.690. The largest absolute Gasteiger partial charge is 0.493 e. The van der Waals surface area contributed by atoms with Gasteiger partial charge in [0.05, 0.1) is 13.7 Å². The fourth-order valence-corrected chi connectivity index (χ4v) is 4.40. The van der Waals surface area contributed by atoms with Crippen molar-refractivity contribution in [3.8, 4) is 11.5 Å². The molecule has 1 atom stereocenters. The Morgan fingerprint density at radius 3 is 2.73 bits per heavy atom. The van der Waals surface area contributed by atoms with Crippen LogP contribution in [0.5, 0.6) is 11.5 Å². The lowest BCUT2D eigenvalue weighted by atomic mass is 10.1. The molecule has 1 unspecified atom stereocenters. The van der Waals surface area contributed by atoms with Gasteiger partial charge in [0, 0.05) is 23.9 Å². The van der Waals surface area contributed by atoms with Gasteiger partial charge in [0.15, 0.2) is 11.5 Å². The van der Waals surface area contributed by atoms with Crippen LogP contribution in [0.4, 0.5) is 5.69 Å². The van der Waals surface area contributed by atoms with Gasteiger partial charge < -0.3 is 20.1 Å². The number of methoxy groups -OCH3 is 1. The highest BCUT2D eigenvalue weighted by molar-refractivity contribution is 6.10. The van der Waals surface area contributed by atoms with Crippen LogP contribution in [0.2, 0.25) is 0 Å². The van der Waals surface area contributed by atoms with Gasteiger partial charge in [0.1, 0.15) is 6.10 Å². The SMILES string of the molecule is COc1ccc(N2Cc3ccc(CN)cc3C2=O)cc1OC1CCc2ccccc21. The second kappa shape index (κ2) is 7.50. The van der Waals surface area contributed by atoms with E-state index in [9.17, 15) is 4.79 Å². The predicted molar refractivity (Wildman–Crippen MR) is 116 cm³/mol. The summed E-state index contributed by atoms with van der Waals surface area (Å²) < 4.78 is 11.9. The number of nitrogens with zero attached hydrogens (tertiary/aromatic N) is 1. The minimum absolute atomic E-state index is 0.0102. The standard InChI is InChI=1S/C25H24N2O3/c1-29-23-11-9-19(27-15-18-7-6-16(14-26)12-21(18)25(27)28)13-24(23)30-22-10-8-17-4-2-3-5-20(17)22/h2-7,9,11-13,22H,8,10,14-15,26H2,1H3. The van der Waals surface area contributed by atoms with Crippen LogP contribution in [0.15, 0.2) is 60.7 Å². The lowest BCUT2D eigenvalue weighted by Crippen LogP contribution is -2.23. The van der Waals surface area contributed by atoms with E-state index in [0.717, 1.165) is 35.2 Å². The summed E-state index contributed by atoms with van der Waals surface area (Å²) in [6.07, 6.45) is 1.93. The van der Waals surface area contributed by atoms with Crippen LogP contribution in [-0.2, 0) is 19.5 Å². The van der Waals surface area contributed by atoms with Crippen LogP contribution in [0, 0.1) is 0 Å². The zero-order chi connectivity index (χ0) is 20.7. The van der Waals surface area contributed by atoms with Crippen LogP contribution in [0.1, 0.15) is 45.1 Å². The molecule has 0 saturated carbocycles. The van der Waals surface area contributed by atoms with Gasteiger partial charge in [-0.25, -0.2) is 0 Å². The molecule has 1 amide bonds. The summed E-state index contributed by atoms with van der Waals surface area (Å²) in [7, 11) is 1.63. The zero-order valence-electron chi connectivity index (χ0n) is 16.9. The average molecular weight is 400 g/mol. The van der Waals surface area contributed by atoms with E-state index in [4.69, 9.17) is 15.2 Å². The highest BCUT2D eigenvalue weighted by atomic mass is 16.5. The van der Waals surface area contributed by atoms with Gasteiger partial charge in [-0.05, 0) is 53.3 Å². The number of aryl methyl sites for hydroxylation is 1. The monoisotopic (exact) mass is 400 g/mol. The highest BCUT2D eigenvalue weighted by Crippen LogP contribution is 2.41. The molecule has 0 bridgehead atoms. The molecule has 1 aliphatic carbocycles. The second-order valence-corrected chi connectivity index (χ2v) is 7.77. The number of anilines is 1. The number of nitrogens with two attached hydrogens (primary N) is 1. The molecule has 0 saturated heterocycles. The van der Waals surface area contributed by atoms with Gasteiger partial charge in [-0.3, -0.25) is 4.79 Å². The molecule has 5 heteroatoms. The predicted octanol–water partition coefficient (Wildman–Crippen LogP) is 4.38. The maximum atomic E-state index is 13.1. The number of benzene rings is 3. The third-order valence-electron chi connectivity index (χ3n) is 6.02. The minimum atomic E-state index is -0.0115. The number of carbonyl (C=O) groups is 1. The highest BCUT2D eigenvalue weighted by Gasteiger charge is 2.30. The van der Waals surface area contributed by atoms with E-state index in [2.05, 4.69) is 18.2 Å². The van der Waals surface area contributed by atoms with Crippen molar-refractivity contribution in [2.45, 2.75) is 32.0 Å². The molecule has 3 aromatic rings. The van der Waals surface area contributed by atoms with Gasteiger partial charge in [-0.2, -0.15) is 0 Å². The number of amides is 1. The van der Waals surface area contributed by atoms with Gasteiger partial charge in [0.25, 0.3) is 5.91 Å². The summed E-state index contributed by atoms with van der Waals surface area (Å²) >= 11 is 0. The Bertz CT molecular complexity index is 1130. The lowest BCUT2D eigenvalue weighted by Gasteiger charge is -2.21. The molecule has 2 N–H and O–H groups in total. The Morgan fingerprint density at radius 2 is 1.90 bits per heavy atom. The Balaban J connectivity index is 1.45. The molecule has 5 rings (SSSR count). The number of carbonyl (C=O) groups excluding carboxylic acids is 1. The maximum absolute atomic E-state index is 13.1. The molecule has 152 valence electrons. The third kappa shape index (κ3) is 3.12. The van der Waals surface area contributed by atoms with E-state index in [0.29, 0.717) is 24.6 Å². The van der Waals surface area contributed by atoms with Crippen molar-refractivity contribution >= 4 is 11.6 Å².